The van der Waals surface area contributed by atoms with Gasteiger partial charge in [-0.1, -0.05) is 29.8 Å². The van der Waals surface area contributed by atoms with Crippen molar-refractivity contribution in [1.82, 2.24) is 0 Å². The predicted molar refractivity (Wildman–Crippen MR) is 120 cm³/mol. The third-order valence-corrected chi connectivity index (χ3v) is 6.53. The minimum absolute atomic E-state index is 0.0199. The van der Waals surface area contributed by atoms with Crippen LogP contribution in [-0.4, -0.2) is 49.6 Å². The Balaban J connectivity index is 1.51. The highest BCUT2D eigenvalue weighted by Gasteiger charge is 2.46. The van der Waals surface area contributed by atoms with Gasteiger partial charge in [-0.15, -0.1) is 0 Å². The lowest BCUT2D eigenvalue weighted by Gasteiger charge is -2.44. The van der Waals surface area contributed by atoms with Crippen LogP contribution in [-0.2, 0) is 9.59 Å². The Labute approximate surface area is 182 Å². The summed E-state index contributed by atoms with van der Waals surface area (Å²) in [5.41, 5.74) is 1.62. The highest BCUT2D eigenvalue weighted by Crippen LogP contribution is 2.36. The minimum atomic E-state index is -0.943. The summed E-state index contributed by atoms with van der Waals surface area (Å²) in [4.78, 5) is 31.5. The molecule has 0 aliphatic carbocycles. The van der Waals surface area contributed by atoms with Crippen LogP contribution in [0.3, 0.4) is 0 Å². The first kappa shape index (κ1) is 20.7. The molecule has 2 N–H and O–H groups in total. The van der Waals surface area contributed by atoms with E-state index in [0.717, 1.165) is 42.6 Å². The van der Waals surface area contributed by atoms with E-state index in [1.165, 1.54) is 4.90 Å². The zero-order chi connectivity index (χ0) is 21.5. The number of nitrogens with one attached hydrogen (secondary N) is 2. The molecule has 1 atom stereocenters. The fraction of sp³-hybridized carbons (Fsp3) is 0.391. The van der Waals surface area contributed by atoms with Gasteiger partial charge >= 0.3 is 0 Å². The van der Waals surface area contributed by atoms with Gasteiger partial charge in [0.05, 0.1) is 37.6 Å². The first-order valence-electron chi connectivity index (χ1n) is 10.4. The first-order valence-corrected chi connectivity index (χ1v) is 10.8. The summed E-state index contributed by atoms with van der Waals surface area (Å²) < 4.78 is 0. The highest BCUT2D eigenvalue weighted by molar-refractivity contribution is 6.30. The number of quaternary nitrogens is 1. The Bertz CT molecular complexity index is 969. The topological polar surface area (TPSA) is 57.1 Å². The Morgan fingerprint density at radius 2 is 1.83 bits per heavy atom. The van der Waals surface area contributed by atoms with Crippen molar-refractivity contribution in [3.8, 4) is 0 Å². The molecule has 2 aromatic carbocycles. The number of rotatable bonds is 3. The number of para-hydroxylation sites is 2. The first-order chi connectivity index (χ1) is 14.3. The summed E-state index contributed by atoms with van der Waals surface area (Å²) in [5, 5.41) is 3.66. The SMILES string of the molecule is C[C@H](C(=O)N1c2ccccc2NC(=O)C1(C)C)[NH+]1CCN(c2cccc(Cl)c2)CC1. The smallest absolute Gasteiger partial charge is 0.285 e. The fourth-order valence-electron chi connectivity index (χ4n) is 4.37. The van der Waals surface area contributed by atoms with Crippen LogP contribution in [0.5, 0.6) is 0 Å². The van der Waals surface area contributed by atoms with E-state index in [1.807, 2.05) is 49.4 Å². The molecule has 6 nitrogen and oxygen atoms in total. The maximum atomic E-state index is 13.6. The number of hydrogen-bond acceptors (Lipinski definition) is 3. The molecule has 0 aromatic heterocycles. The highest BCUT2D eigenvalue weighted by atomic mass is 35.5. The molecule has 2 amide bonds. The van der Waals surface area contributed by atoms with Crippen molar-refractivity contribution >= 4 is 40.5 Å². The maximum absolute atomic E-state index is 13.6. The van der Waals surface area contributed by atoms with Crippen LogP contribution in [0.1, 0.15) is 20.8 Å². The Kier molecular flexibility index (Phi) is 5.47. The predicted octanol–water partition coefficient (Wildman–Crippen LogP) is 2.20. The number of carbonyl (C=O) groups excluding carboxylic acids is 2. The second-order valence-corrected chi connectivity index (χ2v) is 8.99. The molecular formula is C23H28ClN4O2+. The summed E-state index contributed by atoms with van der Waals surface area (Å²) in [6.45, 7) is 8.98. The summed E-state index contributed by atoms with van der Waals surface area (Å²) in [7, 11) is 0. The normalized spacial score (nSPS) is 19.8. The van der Waals surface area contributed by atoms with E-state index in [0.29, 0.717) is 5.69 Å². The van der Waals surface area contributed by atoms with Gasteiger partial charge in [-0.05, 0) is 51.1 Å². The standard InChI is InChI=1S/C23H27ClN4O2/c1-16(26-11-13-27(14-12-26)18-8-6-7-17(24)15-18)21(29)28-20-10-5-4-9-19(20)25-22(30)23(28,2)3/h4-10,15-16H,11-14H2,1-3H3,(H,25,30)/p+1/t16-/m1/s1. The molecule has 1 saturated heterocycles. The number of hydrogen-bond donors (Lipinski definition) is 2. The van der Waals surface area contributed by atoms with Gasteiger partial charge in [0, 0.05) is 10.7 Å². The van der Waals surface area contributed by atoms with E-state index in [2.05, 4.69) is 16.3 Å². The summed E-state index contributed by atoms with van der Waals surface area (Å²) in [6, 6.07) is 15.1. The summed E-state index contributed by atoms with van der Waals surface area (Å²) in [5.74, 6) is -0.184. The molecule has 1 fully saturated rings. The summed E-state index contributed by atoms with van der Waals surface area (Å²) >= 11 is 6.14. The number of anilines is 3. The van der Waals surface area contributed by atoms with Crippen molar-refractivity contribution in [3.63, 3.8) is 0 Å². The van der Waals surface area contributed by atoms with Crippen LogP contribution >= 0.6 is 11.6 Å². The lowest BCUT2D eigenvalue weighted by molar-refractivity contribution is -0.914. The zero-order valence-corrected chi connectivity index (χ0v) is 18.4. The number of carbonyl (C=O) groups is 2. The van der Waals surface area contributed by atoms with Gasteiger partial charge in [-0.3, -0.25) is 14.5 Å². The molecule has 0 spiro atoms. The average Bonchev–Trinajstić information content (AvgIpc) is 2.74. The Hall–Kier alpha value is -2.57. The molecule has 7 heteroatoms. The quantitative estimate of drug-likeness (QED) is 0.789. The van der Waals surface area contributed by atoms with Crippen LogP contribution in [0, 0.1) is 0 Å². The molecule has 2 aliphatic rings. The van der Waals surface area contributed by atoms with Gasteiger partial charge in [0.2, 0.25) is 5.91 Å². The number of fused-ring (bicyclic) bond motifs is 1. The molecule has 2 heterocycles. The van der Waals surface area contributed by atoms with Crippen molar-refractivity contribution in [2.24, 2.45) is 0 Å². The Morgan fingerprint density at radius 3 is 2.53 bits per heavy atom. The second kappa shape index (κ2) is 7.93. The van der Waals surface area contributed by atoms with Crippen molar-refractivity contribution < 1.29 is 14.5 Å². The minimum Gasteiger partial charge on any atom is -0.360 e. The van der Waals surface area contributed by atoms with Crippen molar-refractivity contribution in [2.45, 2.75) is 32.4 Å². The van der Waals surface area contributed by atoms with Crippen LogP contribution in [0.25, 0.3) is 0 Å². The monoisotopic (exact) mass is 427 g/mol. The Morgan fingerprint density at radius 1 is 1.13 bits per heavy atom. The number of nitrogens with zero attached hydrogens (tertiary/aromatic N) is 2. The van der Waals surface area contributed by atoms with E-state index >= 15 is 0 Å². The van der Waals surface area contributed by atoms with E-state index in [4.69, 9.17) is 11.6 Å². The number of piperazine rings is 1. The molecule has 0 saturated carbocycles. The van der Waals surface area contributed by atoms with Gasteiger partial charge in [0.1, 0.15) is 5.54 Å². The van der Waals surface area contributed by atoms with E-state index in [9.17, 15) is 9.59 Å². The van der Waals surface area contributed by atoms with Crippen LogP contribution < -0.4 is 20.0 Å². The van der Waals surface area contributed by atoms with Gasteiger partial charge < -0.3 is 15.1 Å². The van der Waals surface area contributed by atoms with Crippen molar-refractivity contribution in [1.29, 1.82) is 0 Å². The number of halogens is 1. The maximum Gasteiger partial charge on any atom is 0.285 e. The molecule has 158 valence electrons. The third kappa shape index (κ3) is 3.66. The van der Waals surface area contributed by atoms with Crippen molar-refractivity contribution in [3.05, 3.63) is 53.6 Å². The van der Waals surface area contributed by atoms with Crippen LogP contribution in [0.15, 0.2) is 48.5 Å². The molecule has 30 heavy (non-hydrogen) atoms. The molecule has 4 rings (SSSR count). The average molecular weight is 428 g/mol. The van der Waals surface area contributed by atoms with Gasteiger partial charge in [-0.25, -0.2) is 0 Å². The molecule has 0 bridgehead atoms. The third-order valence-electron chi connectivity index (χ3n) is 6.29. The lowest BCUT2D eigenvalue weighted by atomic mass is 9.95. The van der Waals surface area contributed by atoms with Gasteiger partial charge in [-0.2, -0.15) is 0 Å². The number of benzene rings is 2. The van der Waals surface area contributed by atoms with Crippen LogP contribution in [0.2, 0.25) is 5.02 Å². The number of amides is 2. The largest absolute Gasteiger partial charge is 0.360 e. The summed E-state index contributed by atoms with van der Waals surface area (Å²) in [6.07, 6.45) is 0. The van der Waals surface area contributed by atoms with E-state index < -0.39 is 5.54 Å². The molecular weight excluding hydrogens is 400 g/mol. The van der Waals surface area contributed by atoms with Crippen LogP contribution in [0.4, 0.5) is 17.1 Å². The molecule has 0 unspecified atom stereocenters. The molecule has 2 aromatic rings. The fourth-order valence-corrected chi connectivity index (χ4v) is 4.56. The molecule has 0 radical (unpaired) electrons. The zero-order valence-electron chi connectivity index (χ0n) is 17.6. The lowest BCUT2D eigenvalue weighted by Crippen LogP contribution is -3.19. The van der Waals surface area contributed by atoms with E-state index in [-0.39, 0.29) is 17.9 Å². The van der Waals surface area contributed by atoms with Gasteiger partial charge in [0.15, 0.2) is 6.04 Å². The molecule has 2 aliphatic heterocycles. The second-order valence-electron chi connectivity index (χ2n) is 8.55. The van der Waals surface area contributed by atoms with E-state index in [1.54, 1.807) is 18.7 Å². The van der Waals surface area contributed by atoms with Gasteiger partial charge in [0.25, 0.3) is 5.91 Å². The van der Waals surface area contributed by atoms with Crippen molar-refractivity contribution in [2.75, 3.05) is 41.3 Å².